The van der Waals surface area contributed by atoms with Crippen LogP contribution in [0.2, 0.25) is 0 Å². The highest BCUT2D eigenvalue weighted by atomic mass is 16.5. The molecule has 0 saturated carbocycles. The average molecular weight is 228 g/mol. The highest BCUT2D eigenvalue weighted by Gasteiger charge is 2.07. The second-order valence-electron chi connectivity index (χ2n) is 3.51. The molecule has 17 heavy (non-hydrogen) atoms. The van der Waals surface area contributed by atoms with Gasteiger partial charge in [0.25, 0.3) is 0 Å². The Kier molecular flexibility index (Phi) is 3.05. The molecule has 0 saturated heterocycles. The molecule has 0 fully saturated rings. The number of pyridine rings is 1. The monoisotopic (exact) mass is 228 g/mol. The highest BCUT2D eigenvalue weighted by molar-refractivity contribution is 5.89. The minimum absolute atomic E-state index is 0.398. The van der Waals surface area contributed by atoms with Crippen molar-refractivity contribution in [3.63, 3.8) is 0 Å². The maximum atomic E-state index is 11.2. The van der Waals surface area contributed by atoms with Gasteiger partial charge in [0.05, 0.1) is 18.4 Å². The van der Waals surface area contributed by atoms with E-state index in [1.54, 1.807) is 12.1 Å². The number of carbonyl (C=O) groups excluding carboxylic acids is 1. The van der Waals surface area contributed by atoms with Gasteiger partial charge in [-0.1, -0.05) is 18.2 Å². The van der Waals surface area contributed by atoms with Crippen molar-refractivity contribution in [1.82, 2.24) is 4.98 Å². The molecule has 0 aliphatic rings. The zero-order valence-corrected chi connectivity index (χ0v) is 9.38. The van der Waals surface area contributed by atoms with E-state index in [0.29, 0.717) is 11.3 Å². The van der Waals surface area contributed by atoms with Crippen LogP contribution in [0.4, 0.5) is 5.69 Å². The van der Waals surface area contributed by atoms with Crippen LogP contribution in [-0.2, 0) is 4.74 Å². The first-order valence-electron chi connectivity index (χ1n) is 5.11. The second kappa shape index (κ2) is 4.65. The Bertz CT molecular complexity index is 535. The van der Waals surface area contributed by atoms with Crippen LogP contribution >= 0.6 is 0 Å². The number of nitrogens with two attached hydrogens (primary N) is 1. The van der Waals surface area contributed by atoms with Gasteiger partial charge in [0, 0.05) is 17.4 Å². The van der Waals surface area contributed by atoms with E-state index in [9.17, 15) is 4.79 Å². The molecular formula is C13H12N2O2. The third kappa shape index (κ3) is 2.25. The summed E-state index contributed by atoms with van der Waals surface area (Å²) >= 11 is 0. The predicted octanol–water partition coefficient (Wildman–Crippen LogP) is 2.12. The number of carbonyl (C=O) groups is 1. The van der Waals surface area contributed by atoms with Gasteiger partial charge in [0.15, 0.2) is 0 Å². The lowest BCUT2D eigenvalue weighted by atomic mass is 10.1. The molecule has 1 aromatic heterocycles. The van der Waals surface area contributed by atoms with E-state index in [1.807, 2.05) is 24.3 Å². The predicted molar refractivity (Wildman–Crippen MR) is 65.4 cm³/mol. The van der Waals surface area contributed by atoms with Crippen LogP contribution in [0.15, 0.2) is 42.6 Å². The molecule has 2 aromatic rings. The van der Waals surface area contributed by atoms with E-state index in [-0.39, 0.29) is 0 Å². The topological polar surface area (TPSA) is 65.2 Å². The molecule has 2 N–H and O–H groups in total. The van der Waals surface area contributed by atoms with Gasteiger partial charge in [0.1, 0.15) is 0 Å². The molecule has 86 valence electrons. The molecular weight excluding hydrogens is 216 g/mol. The summed E-state index contributed by atoms with van der Waals surface area (Å²) in [5, 5.41) is 0. The summed E-state index contributed by atoms with van der Waals surface area (Å²) in [4.78, 5) is 15.4. The van der Waals surface area contributed by atoms with Crippen LogP contribution in [0.5, 0.6) is 0 Å². The van der Waals surface area contributed by atoms with Gasteiger partial charge >= 0.3 is 5.97 Å². The quantitative estimate of drug-likeness (QED) is 0.631. The van der Waals surface area contributed by atoms with Crippen LogP contribution in [0, 0.1) is 0 Å². The smallest absolute Gasteiger partial charge is 0.339 e. The Morgan fingerprint density at radius 2 is 2.00 bits per heavy atom. The summed E-state index contributed by atoms with van der Waals surface area (Å²) in [5.41, 5.74) is 8.51. The lowest BCUT2D eigenvalue weighted by Gasteiger charge is -2.05. The molecule has 0 spiro atoms. The van der Waals surface area contributed by atoms with Gasteiger partial charge in [0.2, 0.25) is 0 Å². The molecule has 2 rings (SSSR count). The maximum absolute atomic E-state index is 11.2. The molecule has 0 bridgehead atoms. The van der Waals surface area contributed by atoms with Crippen LogP contribution in [0.1, 0.15) is 10.4 Å². The second-order valence-corrected chi connectivity index (χ2v) is 3.51. The Balaban J connectivity index is 2.36. The van der Waals surface area contributed by atoms with Gasteiger partial charge in [-0.25, -0.2) is 4.79 Å². The Hall–Kier alpha value is -2.36. The number of ether oxygens (including phenoxy) is 1. The van der Waals surface area contributed by atoms with Crippen molar-refractivity contribution >= 4 is 11.7 Å². The number of para-hydroxylation sites is 1. The normalized spacial score (nSPS) is 9.94. The number of esters is 1. The average Bonchev–Trinajstić information content (AvgIpc) is 2.39. The van der Waals surface area contributed by atoms with E-state index < -0.39 is 5.97 Å². The van der Waals surface area contributed by atoms with E-state index >= 15 is 0 Å². The molecule has 4 nitrogen and oxygen atoms in total. The zero-order valence-electron chi connectivity index (χ0n) is 9.38. The standard InChI is InChI=1S/C13H12N2O2/c1-17-13(16)9-6-7-12(15-8-9)10-4-2-3-5-11(10)14/h2-8H,14H2,1H3. The number of aromatic nitrogens is 1. The number of rotatable bonds is 2. The summed E-state index contributed by atoms with van der Waals surface area (Å²) in [6.45, 7) is 0. The van der Waals surface area contributed by atoms with E-state index in [2.05, 4.69) is 9.72 Å². The lowest BCUT2D eigenvalue weighted by Crippen LogP contribution is -2.01. The van der Waals surface area contributed by atoms with Gasteiger partial charge in [-0.3, -0.25) is 4.98 Å². The first-order chi connectivity index (χ1) is 8.22. The molecule has 1 aromatic carbocycles. The summed E-state index contributed by atoms with van der Waals surface area (Å²) < 4.78 is 4.60. The van der Waals surface area contributed by atoms with Crippen molar-refractivity contribution in [2.24, 2.45) is 0 Å². The van der Waals surface area contributed by atoms with E-state index in [4.69, 9.17) is 5.73 Å². The third-order valence-corrected chi connectivity index (χ3v) is 2.42. The summed E-state index contributed by atoms with van der Waals surface area (Å²) in [6, 6.07) is 10.9. The van der Waals surface area contributed by atoms with Crippen molar-refractivity contribution in [2.75, 3.05) is 12.8 Å². The molecule has 0 atom stereocenters. The number of benzene rings is 1. The van der Waals surface area contributed by atoms with Crippen molar-refractivity contribution in [3.8, 4) is 11.3 Å². The molecule has 0 aliphatic heterocycles. The Labute approximate surface area is 99.1 Å². The van der Waals surface area contributed by atoms with Crippen molar-refractivity contribution in [2.45, 2.75) is 0 Å². The molecule has 0 aliphatic carbocycles. The van der Waals surface area contributed by atoms with Crippen LogP contribution in [0.25, 0.3) is 11.3 Å². The number of hydrogen-bond acceptors (Lipinski definition) is 4. The van der Waals surface area contributed by atoms with Crippen molar-refractivity contribution in [3.05, 3.63) is 48.2 Å². The molecule has 0 radical (unpaired) electrons. The third-order valence-electron chi connectivity index (χ3n) is 2.42. The van der Waals surface area contributed by atoms with Gasteiger partial charge in [-0.05, 0) is 18.2 Å². The molecule has 4 heteroatoms. The van der Waals surface area contributed by atoms with Crippen LogP contribution < -0.4 is 5.73 Å². The fraction of sp³-hybridized carbons (Fsp3) is 0.0769. The summed E-state index contributed by atoms with van der Waals surface area (Å²) in [6.07, 6.45) is 1.48. The number of hydrogen-bond donors (Lipinski definition) is 1. The largest absolute Gasteiger partial charge is 0.465 e. The first kappa shape index (κ1) is 11.1. The highest BCUT2D eigenvalue weighted by Crippen LogP contribution is 2.23. The van der Waals surface area contributed by atoms with Crippen molar-refractivity contribution in [1.29, 1.82) is 0 Å². The molecule has 1 heterocycles. The van der Waals surface area contributed by atoms with E-state index in [1.165, 1.54) is 13.3 Å². The van der Waals surface area contributed by atoms with Gasteiger partial charge in [-0.15, -0.1) is 0 Å². The minimum atomic E-state index is -0.398. The fourth-order valence-electron chi connectivity index (χ4n) is 1.52. The van der Waals surface area contributed by atoms with Gasteiger partial charge in [-0.2, -0.15) is 0 Å². The number of nitrogens with zero attached hydrogens (tertiary/aromatic N) is 1. The molecule has 0 amide bonds. The fourth-order valence-corrected chi connectivity index (χ4v) is 1.52. The Morgan fingerprint density at radius 3 is 2.59 bits per heavy atom. The number of nitrogen functional groups attached to an aromatic ring is 1. The summed E-state index contributed by atoms with van der Waals surface area (Å²) in [5.74, 6) is -0.398. The van der Waals surface area contributed by atoms with E-state index in [0.717, 1.165) is 11.3 Å². The number of anilines is 1. The van der Waals surface area contributed by atoms with Crippen LogP contribution in [0.3, 0.4) is 0 Å². The maximum Gasteiger partial charge on any atom is 0.339 e. The molecule has 0 unspecified atom stereocenters. The number of methoxy groups -OCH3 is 1. The zero-order chi connectivity index (χ0) is 12.3. The minimum Gasteiger partial charge on any atom is -0.465 e. The van der Waals surface area contributed by atoms with Gasteiger partial charge < -0.3 is 10.5 Å². The van der Waals surface area contributed by atoms with Crippen molar-refractivity contribution < 1.29 is 9.53 Å². The first-order valence-corrected chi connectivity index (χ1v) is 5.11. The lowest BCUT2D eigenvalue weighted by molar-refractivity contribution is 0.0600. The van der Waals surface area contributed by atoms with Crippen LogP contribution in [-0.4, -0.2) is 18.1 Å². The SMILES string of the molecule is COC(=O)c1ccc(-c2ccccc2N)nc1. The summed E-state index contributed by atoms with van der Waals surface area (Å²) in [7, 11) is 1.34. The Morgan fingerprint density at radius 1 is 1.24 bits per heavy atom.